The maximum absolute atomic E-state index is 12.1. The van der Waals surface area contributed by atoms with E-state index in [1.165, 1.54) is 16.2 Å². The van der Waals surface area contributed by atoms with Gasteiger partial charge in [-0.15, -0.1) is 28.3 Å². The number of nitrogen functional groups attached to an aromatic ring is 1. The number of aromatic nitrogens is 1. The number of rotatable bonds is 2. The molecule has 3 rings (SSSR count). The van der Waals surface area contributed by atoms with Crippen LogP contribution in [0.3, 0.4) is 0 Å². The van der Waals surface area contributed by atoms with E-state index >= 15 is 0 Å². The lowest BCUT2D eigenvalue weighted by atomic mass is 10.1. The van der Waals surface area contributed by atoms with Crippen molar-refractivity contribution in [1.82, 2.24) is 9.88 Å². The van der Waals surface area contributed by atoms with Crippen LogP contribution in [0.2, 0.25) is 0 Å². The Labute approximate surface area is 123 Å². The Bertz CT molecular complexity index is 621. The van der Waals surface area contributed by atoms with E-state index in [2.05, 4.69) is 4.98 Å². The maximum Gasteiger partial charge on any atom is 0.261 e. The van der Waals surface area contributed by atoms with Crippen LogP contribution in [0.5, 0.6) is 0 Å². The number of fused-ring (bicyclic) bond motifs is 1. The van der Waals surface area contributed by atoms with Gasteiger partial charge in [0, 0.05) is 5.38 Å². The average Bonchev–Trinajstić information content (AvgIpc) is 2.88. The molecule has 0 saturated heterocycles. The van der Waals surface area contributed by atoms with E-state index < -0.39 is 0 Å². The average molecular weight is 340 g/mol. The van der Waals surface area contributed by atoms with Crippen molar-refractivity contribution in [2.75, 3.05) is 5.73 Å². The first-order valence-corrected chi connectivity index (χ1v) is 6.20. The summed E-state index contributed by atoms with van der Waals surface area (Å²) in [6.45, 7) is 0.167. The van der Waals surface area contributed by atoms with Gasteiger partial charge in [0.2, 0.25) is 0 Å². The minimum Gasteiger partial charge on any atom is -0.375 e. The SMILES string of the molecule is Br.Nc1nc(CN2C(=O)c3ccccc3C2=O)cs1. The zero-order valence-electron chi connectivity index (χ0n) is 9.70. The van der Waals surface area contributed by atoms with Gasteiger partial charge in [0.1, 0.15) is 0 Å². The van der Waals surface area contributed by atoms with Crippen molar-refractivity contribution in [3.63, 3.8) is 0 Å². The quantitative estimate of drug-likeness (QED) is 0.850. The van der Waals surface area contributed by atoms with E-state index in [-0.39, 0.29) is 35.3 Å². The zero-order chi connectivity index (χ0) is 12.7. The topological polar surface area (TPSA) is 76.3 Å². The van der Waals surface area contributed by atoms with E-state index in [0.29, 0.717) is 22.0 Å². The van der Waals surface area contributed by atoms with Crippen LogP contribution in [0.1, 0.15) is 26.4 Å². The fourth-order valence-electron chi connectivity index (χ4n) is 1.94. The predicted octanol–water partition coefficient (Wildman–Crippen LogP) is 2.10. The number of imide groups is 1. The molecule has 19 heavy (non-hydrogen) atoms. The van der Waals surface area contributed by atoms with Gasteiger partial charge in [0.05, 0.1) is 23.4 Å². The Balaban J connectivity index is 0.00000133. The first-order chi connectivity index (χ1) is 8.66. The molecule has 2 N–H and O–H groups in total. The number of amides is 2. The van der Waals surface area contributed by atoms with Gasteiger partial charge >= 0.3 is 0 Å². The number of nitrogens with zero attached hydrogens (tertiary/aromatic N) is 2. The second-order valence-corrected chi connectivity index (χ2v) is 4.81. The van der Waals surface area contributed by atoms with Crippen molar-refractivity contribution >= 4 is 45.3 Å². The molecule has 1 aromatic carbocycles. The second-order valence-electron chi connectivity index (χ2n) is 3.92. The normalized spacial score (nSPS) is 13.4. The molecule has 2 aromatic rings. The largest absolute Gasteiger partial charge is 0.375 e. The molecule has 0 spiro atoms. The lowest BCUT2D eigenvalue weighted by Crippen LogP contribution is -2.29. The number of halogens is 1. The molecule has 0 unspecified atom stereocenters. The lowest BCUT2D eigenvalue weighted by Gasteiger charge is -2.11. The molecule has 0 atom stereocenters. The van der Waals surface area contributed by atoms with Crippen molar-refractivity contribution in [3.8, 4) is 0 Å². The van der Waals surface area contributed by atoms with Crippen molar-refractivity contribution in [1.29, 1.82) is 0 Å². The van der Waals surface area contributed by atoms with Crippen LogP contribution in [-0.2, 0) is 6.54 Å². The Morgan fingerprint density at radius 2 is 1.74 bits per heavy atom. The van der Waals surface area contributed by atoms with Gasteiger partial charge in [0.15, 0.2) is 5.13 Å². The van der Waals surface area contributed by atoms with Gasteiger partial charge in [-0.1, -0.05) is 12.1 Å². The number of hydrogen-bond donors (Lipinski definition) is 1. The number of thiazole rings is 1. The molecule has 0 fully saturated rings. The van der Waals surface area contributed by atoms with E-state index in [1.54, 1.807) is 29.6 Å². The van der Waals surface area contributed by atoms with Crippen LogP contribution in [-0.4, -0.2) is 21.7 Å². The highest BCUT2D eigenvalue weighted by Crippen LogP contribution is 2.24. The highest BCUT2D eigenvalue weighted by molar-refractivity contribution is 8.93. The first kappa shape index (κ1) is 13.7. The summed E-state index contributed by atoms with van der Waals surface area (Å²) in [5, 5.41) is 2.18. The third-order valence-corrected chi connectivity index (χ3v) is 3.49. The summed E-state index contributed by atoms with van der Waals surface area (Å²) in [4.78, 5) is 29.4. The summed E-state index contributed by atoms with van der Waals surface area (Å²) in [5.74, 6) is -0.552. The van der Waals surface area contributed by atoms with E-state index in [1.807, 2.05) is 0 Å². The number of carbonyl (C=O) groups excluding carboxylic acids is 2. The Morgan fingerprint density at radius 1 is 1.16 bits per heavy atom. The number of carbonyl (C=O) groups is 2. The molecule has 0 aliphatic carbocycles. The molecule has 1 aromatic heterocycles. The van der Waals surface area contributed by atoms with Gasteiger partial charge < -0.3 is 5.73 Å². The number of benzene rings is 1. The van der Waals surface area contributed by atoms with E-state index in [9.17, 15) is 9.59 Å². The Hall–Kier alpha value is -1.73. The summed E-state index contributed by atoms with van der Waals surface area (Å²) >= 11 is 1.29. The fraction of sp³-hybridized carbons (Fsp3) is 0.0833. The molecule has 7 heteroatoms. The van der Waals surface area contributed by atoms with Crippen LogP contribution in [0, 0.1) is 0 Å². The monoisotopic (exact) mass is 339 g/mol. The third kappa shape index (κ3) is 2.26. The van der Waals surface area contributed by atoms with Crippen molar-refractivity contribution in [3.05, 3.63) is 46.5 Å². The molecular formula is C12H10BrN3O2S. The lowest BCUT2D eigenvalue weighted by molar-refractivity contribution is 0.0640. The second kappa shape index (κ2) is 5.10. The molecular weight excluding hydrogens is 330 g/mol. The molecule has 0 radical (unpaired) electrons. The van der Waals surface area contributed by atoms with Crippen LogP contribution < -0.4 is 5.73 Å². The first-order valence-electron chi connectivity index (χ1n) is 5.32. The third-order valence-electron chi connectivity index (χ3n) is 2.77. The van der Waals surface area contributed by atoms with Crippen LogP contribution in [0.25, 0.3) is 0 Å². The molecule has 2 heterocycles. The maximum atomic E-state index is 12.1. The summed E-state index contributed by atoms with van der Waals surface area (Å²) in [6, 6.07) is 6.80. The Kier molecular flexibility index (Phi) is 3.68. The molecule has 0 bridgehead atoms. The fourth-order valence-corrected chi connectivity index (χ4v) is 2.49. The van der Waals surface area contributed by atoms with Gasteiger partial charge in [-0.3, -0.25) is 14.5 Å². The number of hydrogen-bond acceptors (Lipinski definition) is 5. The minimum atomic E-state index is -0.276. The molecule has 1 aliphatic rings. The zero-order valence-corrected chi connectivity index (χ0v) is 12.2. The summed E-state index contributed by atoms with van der Waals surface area (Å²) in [6.07, 6.45) is 0. The summed E-state index contributed by atoms with van der Waals surface area (Å²) in [5.41, 5.74) is 7.06. The number of nitrogens with two attached hydrogens (primary N) is 1. The molecule has 5 nitrogen and oxygen atoms in total. The smallest absolute Gasteiger partial charge is 0.261 e. The van der Waals surface area contributed by atoms with Crippen LogP contribution in [0.15, 0.2) is 29.6 Å². The highest BCUT2D eigenvalue weighted by atomic mass is 79.9. The van der Waals surface area contributed by atoms with Crippen LogP contribution in [0.4, 0.5) is 5.13 Å². The standard InChI is InChI=1S/C12H9N3O2S.BrH/c13-12-14-7(6-18-12)5-15-10(16)8-3-1-2-4-9(8)11(15)17;/h1-4,6H,5H2,(H2,13,14);1H. The summed E-state index contributed by atoms with van der Waals surface area (Å²) < 4.78 is 0. The Morgan fingerprint density at radius 3 is 2.21 bits per heavy atom. The molecule has 0 saturated carbocycles. The van der Waals surface area contributed by atoms with Gasteiger partial charge in [-0.05, 0) is 12.1 Å². The molecule has 98 valence electrons. The van der Waals surface area contributed by atoms with Crippen LogP contribution >= 0.6 is 28.3 Å². The van der Waals surface area contributed by atoms with Gasteiger partial charge in [-0.2, -0.15) is 0 Å². The number of anilines is 1. The minimum absolute atomic E-state index is 0. The molecule has 2 amide bonds. The van der Waals surface area contributed by atoms with E-state index in [0.717, 1.165) is 0 Å². The molecule has 1 aliphatic heterocycles. The van der Waals surface area contributed by atoms with E-state index in [4.69, 9.17) is 5.73 Å². The van der Waals surface area contributed by atoms with Gasteiger partial charge in [0.25, 0.3) is 11.8 Å². The van der Waals surface area contributed by atoms with Crippen molar-refractivity contribution < 1.29 is 9.59 Å². The summed E-state index contributed by atoms with van der Waals surface area (Å²) in [7, 11) is 0. The van der Waals surface area contributed by atoms with Gasteiger partial charge in [-0.25, -0.2) is 4.98 Å². The highest BCUT2D eigenvalue weighted by Gasteiger charge is 2.35. The van der Waals surface area contributed by atoms with Crippen molar-refractivity contribution in [2.24, 2.45) is 0 Å². The van der Waals surface area contributed by atoms with Crippen molar-refractivity contribution in [2.45, 2.75) is 6.54 Å². The predicted molar refractivity (Wildman–Crippen MR) is 77.5 cm³/mol.